The van der Waals surface area contributed by atoms with E-state index in [4.69, 9.17) is 11.6 Å². The topological polar surface area (TPSA) is 37.4 Å². The monoisotopic (exact) mass is 301 g/mol. The quantitative estimate of drug-likeness (QED) is 0.619. The van der Waals surface area contributed by atoms with E-state index in [-0.39, 0.29) is 5.75 Å². The van der Waals surface area contributed by atoms with Gasteiger partial charge in [0.1, 0.15) is 0 Å². The van der Waals surface area contributed by atoms with Crippen LogP contribution in [0.25, 0.3) is 0 Å². The predicted molar refractivity (Wildman–Crippen MR) is 80.6 cm³/mol. The van der Waals surface area contributed by atoms with Crippen LogP contribution in [0.15, 0.2) is 18.2 Å². The van der Waals surface area contributed by atoms with Crippen LogP contribution in [0.3, 0.4) is 0 Å². The van der Waals surface area contributed by atoms with Gasteiger partial charge in [-0.25, -0.2) is 8.42 Å². The lowest BCUT2D eigenvalue weighted by Gasteiger charge is -2.30. The number of benzene rings is 1. The molecule has 1 heterocycles. The van der Waals surface area contributed by atoms with Crippen LogP contribution in [0.2, 0.25) is 0 Å². The van der Waals surface area contributed by atoms with E-state index in [0.29, 0.717) is 18.8 Å². The Morgan fingerprint density at radius 2 is 2.11 bits per heavy atom. The van der Waals surface area contributed by atoms with Crippen LogP contribution in [0.5, 0.6) is 0 Å². The molecular weight excluding hydrogens is 282 g/mol. The molecular formula is C14H20ClNO2S. The maximum absolute atomic E-state index is 12.4. The molecule has 106 valence electrons. The van der Waals surface area contributed by atoms with E-state index in [1.807, 2.05) is 19.1 Å². The lowest BCUT2D eigenvalue weighted by atomic mass is 10.0. The maximum Gasteiger partial charge on any atom is 0.235 e. The van der Waals surface area contributed by atoms with E-state index < -0.39 is 10.0 Å². The molecule has 0 atom stereocenters. The van der Waals surface area contributed by atoms with Gasteiger partial charge in [-0.05, 0) is 44.2 Å². The van der Waals surface area contributed by atoms with Gasteiger partial charge in [0.2, 0.25) is 10.0 Å². The molecule has 0 saturated carbocycles. The van der Waals surface area contributed by atoms with Crippen LogP contribution < -0.4 is 4.31 Å². The summed E-state index contributed by atoms with van der Waals surface area (Å²) < 4.78 is 26.4. The van der Waals surface area contributed by atoms with Crippen molar-refractivity contribution in [2.45, 2.75) is 32.6 Å². The Kier molecular flexibility index (Phi) is 4.74. The van der Waals surface area contributed by atoms with Crippen molar-refractivity contribution in [2.75, 3.05) is 22.5 Å². The molecule has 1 aliphatic heterocycles. The molecule has 3 nitrogen and oxygen atoms in total. The summed E-state index contributed by atoms with van der Waals surface area (Å²) in [5.74, 6) is 0.707. The third kappa shape index (κ3) is 3.42. The van der Waals surface area contributed by atoms with Gasteiger partial charge in [-0.1, -0.05) is 17.7 Å². The van der Waals surface area contributed by atoms with E-state index in [0.717, 1.165) is 30.5 Å². The Morgan fingerprint density at radius 3 is 2.84 bits per heavy atom. The highest BCUT2D eigenvalue weighted by Crippen LogP contribution is 2.30. The molecule has 0 saturated heterocycles. The number of unbranched alkanes of at least 4 members (excludes halogenated alkanes) is 1. The number of hydrogen-bond donors (Lipinski definition) is 0. The zero-order valence-electron chi connectivity index (χ0n) is 11.2. The second kappa shape index (κ2) is 6.14. The fourth-order valence-corrected chi connectivity index (χ4v) is 4.33. The number of sulfonamides is 1. The zero-order valence-corrected chi connectivity index (χ0v) is 12.8. The van der Waals surface area contributed by atoms with E-state index in [1.165, 1.54) is 5.56 Å². The first-order valence-electron chi connectivity index (χ1n) is 6.70. The van der Waals surface area contributed by atoms with E-state index >= 15 is 0 Å². The predicted octanol–water partition coefficient (Wildman–Crippen LogP) is 3.10. The summed E-state index contributed by atoms with van der Waals surface area (Å²) in [5.41, 5.74) is 3.19. The van der Waals surface area contributed by atoms with E-state index in [1.54, 1.807) is 4.31 Å². The van der Waals surface area contributed by atoms with E-state index in [2.05, 4.69) is 6.07 Å². The molecule has 0 unspecified atom stereocenters. The van der Waals surface area contributed by atoms with Crippen molar-refractivity contribution in [3.63, 3.8) is 0 Å². The summed E-state index contributed by atoms with van der Waals surface area (Å²) in [6, 6.07) is 6.00. The molecule has 0 radical (unpaired) electrons. The fraction of sp³-hybridized carbons (Fsp3) is 0.571. The zero-order chi connectivity index (χ0) is 13.9. The number of fused-ring (bicyclic) bond motifs is 1. The molecule has 0 aromatic heterocycles. The van der Waals surface area contributed by atoms with Crippen molar-refractivity contribution in [3.8, 4) is 0 Å². The fourth-order valence-electron chi connectivity index (χ4n) is 2.47. The van der Waals surface area contributed by atoms with Crippen molar-refractivity contribution in [2.24, 2.45) is 0 Å². The average molecular weight is 302 g/mol. The van der Waals surface area contributed by atoms with Gasteiger partial charge in [-0.3, -0.25) is 4.31 Å². The summed E-state index contributed by atoms with van der Waals surface area (Å²) in [6.45, 7) is 2.63. The molecule has 0 amide bonds. The highest BCUT2D eigenvalue weighted by Gasteiger charge is 2.26. The lowest BCUT2D eigenvalue weighted by Crippen LogP contribution is -2.37. The summed E-state index contributed by atoms with van der Waals surface area (Å²) >= 11 is 5.61. The number of hydrogen-bond acceptors (Lipinski definition) is 2. The van der Waals surface area contributed by atoms with Crippen LogP contribution >= 0.6 is 11.6 Å². The summed E-state index contributed by atoms with van der Waals surface area (Å²) in [7, 11) is -3.21. The Morgan fingerprint density at radius 1 is 1.32 bits per heavy atom. The van der Waals surface area contributed by atoms with E-state index in [9.17, 15) is 8.42 Å². The van der Waals surface area contributed by atoms with Crippen LogP contribution in [0.1, 0.15) is 30.4 Å². The summed E-state index contributed by atoms with van der Waals surface area (Å²) in [5, 5.41) is 0. The smallest absolute Gasteiger partial charge is 0.235 e. The molecule has 0 spiro atoms. The number of alkyl halides is 1. The van der Waals surface area contributed by atoms with Crippen molar-refractivity contribution >= 4 is 27.3 Å². The Bertz CT molecular complexity index is 542. The van der Waals surface area contributed by atoms with Crippen molar-refractivity contribution in [1.82, 2.24) is 0 Å². The Balaban J connectivity index is 2.23. The van der Waals surface area contributed by atoms with Gasteiger partial charge in [-0.2, -0.15) is 0 Å². The first kappa shape index (κ1) is 14.7. The van der Waals surface area contributed by atoms with Crippen LogP contribution in [-0.2, 0) is 16.4 Å². The lowest BCUT2D eigenvalue weighted by molar-refractivity contribution is 0.583. The first-order valence-corrected chi connectivity index (χ1v) is 8.85. The summed E-state index contributed by atoms with van der Waals surface area (Å²) in [4.78, 5) is 0. The second-order valence-electron chi connectivity index (χ2n) is 5.02. The third-order valence-corrected chi connectivity index (χ3v) is 5.56. The number of nitrogens with zero attached hydrogens (tertiary/aromatic N) is 1. The van der Waals surface area contributed by atoms with Crippen molar-refractivity contribution in [1.29, 1.82) is 0 Å². The largest absolute Gasteiger partial charge is 0.270 e. The molecule has 0 fully saturated rings. The van der Waals surface area contributed by atoms with Crippen molar-refractivity contribution in [3.05, 3.63) is 29.3 Å². The molecule has 0 N–H and O–H groups in total. The second-order valence-corrected chi connectivity index (χ2v) is 7.41. The van der Waals surface area contributed by atoms with Gasteiger partial charge >= 0.3 is 0 Å². The third-order valence-electron chi connectivity index (χ3n) is 3.43. The number of rotatable bonds is 5. The van der Waals surface area contributed by atoms with Gasteiger partial charge in [0.15, 0.2) is 0 Å². The minimum atomic E-state index is -3.21. The highest BCUT2D eigenvalue weighted by molar-refractivity contribution is 7.92. The number of anilines is 1. The minimum Gasteiger partial charge on any atom is -0.270 e. The molecule has 19 heavy (non-hydrogen) atoms. The molecule has 2 rings (SSSR count). The summed E-state index contributed by atoms with van der Waals surface area (Å²) in [6.07, 6.45) is 3.23. The van der Waals surface area contributed by atoms with Gasteiger partial charge in [0.25, 0.3) is 0 Å². The average Bonchev–Trinajstić information content (AvgIpc) is 2.37. The highest BCUT2D eigenvalue weighted by atomic mass is 35.5. The molecule has 1 aromatic rings. The molecule has 0 aliphatic carbocycles. The number of halogens is 1. The van der Waals surface area contributed by atoms with Crippen LogP contribution in [0, 0.1) is 6.92 Å². The van der Waals surface area contributed by atoms with Gasteiger partial charge in [-0.15, -0.1) is 11.6 Å². The minimum absolute atomic E-state index is 0.188. The maximum atomic E-state index is 12.4. The Hall–Kier alpha value is -0.740. The first-order chi connectivity index (χ1) is 9.04. The van der Waals surface area contributed by atoms with Crippen LogP contribution in [-0.4, -0.2) is 26.6 Å². The van der Waals surface area contributed by atoms with Gasteiger partial charge in [0.05, 0.1) is 11.4 Å². The molecule has 0 bridgehead atoms. The van der Waals surface area contributed by atoms with Crippen molar-refractivity contribution < 1.29 is 8.42 Å². The van der Waals surface area contributed by atoms with Crippen LogP contribution in [0.4, 0.5) is 5.69 Å². The molecule has 5 heteroatoms. The molecule has 1 aliphatic rings. The van der Waals surface area contributed by atoms with Gasteiger partial charge in [0, 0.05) is 12.4 Å². The SMILES string of the molecule is Cc1ccc2c(c1)CCCN2S(=O)(=O)CCCCCl. The normalized spacial score (nSPS) is 15.4. The Labute approximate surface area is 120 Å². The standard InChI is InChI=1S/C14H20ClNO2S/c1-12-6-7-14-13(11-12)5-4-9-16(14)19(17,18)10-3-2-8-15/h6-7,11H,2-5,8-10H2,1H3. The number of aryl methyl sites for hydroxylation is 2. The van der Waals surface area contributed by atoms with Gasteiger partial charge < -0.3 is 0 Å². The molecule has 1 aromatic carbocycles.